The molecule has 3 aliphatic rings. The summed E-state index contributed by atoms with van der Waals surface area (Å²) in [4.78, 5) is 38.5. The van der Waals surface area contributed by atoms with E-state index in [-0.39, 0.29) is 18.1 Å². The first kappa shape index (κ1) is 24.0. The van der Waals surface area contributed by atoms with Gasteiger partial charge in [0.1, 0.15) is 6.10 Å². The third kappa shape index (κ3) is 5.08. The first-order valence-corrected chi connectivity index (χ1v) is 13.6. The molecule has 2 fully saturated rings. The molecule has 9 nitrogen and oxygen atoms in total. The Kier molecular flexibility index (Phi) is 6.60. The van der Waals surface area contributed by atoms with Crippen molar-refractivity contribution in [3.63, 3.8) is 0 Å². The molecule has 1 aromatic carbocycles. The van der Waals surface area contributed by atoms with Gasteiger partial charge in [0.2, 0.25) is 11.8 Å². The van der Waals surface area contributed by atoms with Gasteiger partial charge in [0.15, 0.2) is 0 Å². The minimum atomic E-state index is -0.331. The smallest absolute Gasteiger partial charge is 0.414 e. The quantitative estimate of drug-likeness (QED) is 0.501. The van der Waals surface area contributed by atoms with Crippen LogP contribution in [-0.2, 0) is 16.0 Å². The highest BCUT2D eigenvalue weighted by Gasteiger charge is 2.35. The van der Waals surface area contributed by atoms with Crippen LogP contribution < -0.4 is 15.0 Å². The van der Waals surface area contributed by atoms with E-state index >= 15 is 0 Å². The van der Waals surface area contributed by atoms with E-state index in [1.807, 2.05) is 36.5 Å². The fourth-order valence-corrected chi connectivity index (χ4v) is 6.19. The molecule has 10 heteroatoms. The molecular formula is C27H29N5O4S. The average molecular weight is 520 g/mol. The van der Waals surface area contributed by atoms with Crippen molar-refractivity contribution >= 4 is 46.2 Å². The van der Waals surface area contributed by atoms with Gasteiger partial charge in [0.05, 0.1) is 36.1 Å². The second-order valence-electron chi connectivity index (χ2n) is 9.78. The van der Waals surface area contributed by atoms with Crippen LogP contribution in [0.15, 0.2) is 47.5 Å². The van der Waals surface area contributed by atoms with Crippen molar-refractivity contribution in [3.8, 4) is 5.88 Å². The lowest BCUT2D eigenvalue weighted by atomic mass is 9.98. The van der Waals surface area contributed by atoms with Crippen LogP contribution in [0.25, 0.3) is 11.0 Å². The van der Waals surface area contributed by atoms with E-state index in [0.717, 1.165) is 66.2 Å². The number of aromatic nitrogens is 2. The van der Waals surface area contributed by atoms with Gasteiger partial charge >= 0.3 is 6.09 Å². The molecule has 6 rings (SSSR count). The van der Waals surface area contributed by atoms with Crippen molar-refractivity contribution in [3.05, 3.63) is 48.2 Å². The summed E-state index contributed by atoms with van der Waals surface area (Å²) >= 11 is 1.51. The third-order valence-corrected chi connectivity index (χ3v) is 8.36. The minimum absolute atomic E-state index is 0.0202. The largest absolute Gasteiger partial charge is 0.481 e. The van der Waals surface area contributed by atoms with E-state index in [1.54, 1.807) is 12.0 Å². The molecule has 2 atom stereocenters. The number of hydrogen-bond acceptors (Lipinski definition) is 8. The van der Waals surface area contributed by atoms with Crippen LogP contribution >= 0.6 is 11.8 Å². The van der Waals surface area contributed by atoms with E-state index in [0.29, 0.717) is 24.1 Å². The molecule has 2 saturated heterocycles. The number of carbonyl (C=O) groups is 2. The second-order valence-corrected chi connectivity index (χ2v) is 10.8. The van der Waals surface area contributed by atoms with Gasteiger partial charge in [-0.2, -0.15) is 0 Å². The topological polar surface area (TPSA) is 96.9 Å². The summed E-state index contributed by atoms with van der Waals surface area (Å²) in [6.07, 6.45) is 4.49. The number of ether oxygens (including phenoxy) is 2. The van der Waals surface area contributed by atoms with Crippen LogP contribution in [0.4, 0.5) is 16.2 Å². The molecule has 0 bridgehead atoms. The molecule has 0 spiro atoms. The molecular weight excluding hydrogens is 490 g/mol. The number of thioether (sulfide) groups is 1. The fourth-order valence-electron chi connectivity index (χ4n) is 5.40. The van der Waals surface area contributed by atoms with Gasteiger partial charge in [-0.1, -0.05) is 0 Å². The summed E-state index contributed by atoms with van der Waals surface area (Å²) in [5, 5.41) is 2.89. The minimum Gasteiger partial charge on any atom is -0.481 e. The number of carbonyl (C=O) groups excluding carboxylic acids is 2. The number of nitrogens with zero attached hydrogens (tertiary/aromatic N) is 4. The molecule has 0 aliphatic carbocycles. The number of anilines is 2. The molecule has 2 unspecified atom stereocenters. The van der Waals surface area contributed by atoms with Gasteiger partial charge in [-0.05, 0) is 67.6 Å². The molecule has 192 valence electrons. The van der Waals surface area contributed by atoms with Gasteiger partial charge in [-0.3, -0.25) is 19.6 Å². The molecule has 1 N–H and O–H groups in total. The maximum atomic E-state index is 12.6. The van der Waals surface area contributed by atoms with Crippen molar-refractivity contribution in [2.75, 3.05) is 49.3 Å². The van der Waals surface area contributed by atoms with E-state index in [9.17, 15) is 9.59 Å². The Hall–Kier alpha value is -3.37. The summed E-state index contributed by atoms with van der Waals surface area (Å²) in [5.41, 5.74) is 4.51. The Balaban J connectivity index is 1.04. The average Bonchev–Trinajstić information content (AvgIpc) is 3.52. The Bertz CT molecular complexity index is 1350. The zero-order valence-corrected chi connectivity index (χ0v) is 21.5. The number of aryl methyl sites for hydroxylation is 1. The zero-order valence-electron chi connectivity index (χ0n) is 20.7. The van der Waals surface area contributed by atoms with Crippen LogP contribution in [0.1, 0.15) is 18.4 Å². The normalized spacial score (nSPS) is 21.7. The van der Waals surface area contributed by atoms with Crippen molar-refractivity contribution in [1.82, 2.24) is 14.9 Å². The number of likely N-dealkylation sites (tertiary alicyclic amines) is 1. The predicted octanol–water partition coefficient (Wildman–Crippen LogP) is 3.96. The number of pyridine rings is 2. The number of amides is 2. The Labute approximate surface area is 219 Å². The molecule has 37 heavy (non-hydrogen) atoms. The number of rotatable bonds is 7. The molecule has 2 amide bonds. The third-order valence-electron chi connectivity index (χ3n) is 7.29. The maximum absolute atomic E-state index is 12.6. The van der Waals surface area contributed by atoms with Gasteiger partial charge in [0.25, 0.3) is 0 Å². The van der Waals surface area contributed by atoms with Crippen LogP contribution in [0, 0.1) is 5.92 Å². The van der Waals surface area contributed by atoms with Crippen LogP contribution in [0.3, 0.4) is 0 Å². The summed E-state index contributed by atoms with van der Waals surface area (Å²) in [5.74, 6) is 1.59. The summed E-state index contributed by atoms with van der Waals surface area (Å²) in [6.45, 7) is 3.24. The molecule has 2 aromatic heterocycles. The number of benzene rings is 1. The highest BCUT2D eigenvalue weighted by Crippen LogP contribution is 2.35. The SMILES string of the molecule is COc1ccc2nccc(CCC3CCN(CC4CN(c5ccc6c(c5)NC(=O)CS6)C(=O)O4)C3)c2n1. The standard InChI is InChI=1S/C27H29N5O4S/c1-35-25-7-5-21-26(30-25)18(8-10-28-21)3-2-17-9-11-31(13-17)14-20-15-32(27(34)36-20)19-4-6-23-22(12-19)29-24(33)16-37-23/h4-8,10,12,17,20H,2-3,9,11,13-16H2,1H3,(H,29,33). The molecule has 0 radical (unpaired) electrons. The van der Waals surface area contributed by atoms with Gasteiger partial charge in [0, 0.05) is 35.9 Å². The lowest BCUT2D eigenvalue weighted by Crippen LogP contribution is -2.33. The van der Waals surface area contributed by atoms with Crippen LogP contribution in [-0.4, -0.2) is 72.0 Å². The number of hydrogen-bond donors (Lipinski definition) is 1. The summed E-state index contributed by atoms with van der Waals surface area (Å²) < 4.78 is 11.0. The number of methoxy groups -OCH3 is 1. The van der Waals surface area contributed by atoms with Crippen molar-refractivity contribution in [1.29, 1.82) is 0 Å². The van der Waals surface area contributed by atoms with Crippen molar-refractivity contribution in [2.45, 2.75) is 30.3 Å². The Morgan fingerprint density at radius 3 is 3.00 bits per heavy atom. The monoisotopic (exact) mass is 519 g/mol. The van der Waals surface area contributed by atoms with E-state index < -0.39 is 0 Å². The van der Waals surface area contributed by atoms with Gasteiger partial charge in [-0.25, -0.2) is 9.78 Å². The number of fused-ring (bicyclic) bond motifs is 2. The van der Waals surface area contributed by atoms with Crippen molar-refractivity contribution < 1.29 is 19.1 Å². The van der Waals surface area contributed by atoms with Gasteiger partial charge in [-0.15, -0.1) is 11.8 Å². The number of cyclic esters (lactones) is 1. The Morgan fingerprint density at radius 2 is 2.11 bits per heavy atom. The lowest BCUT2D eigenvalue weighted by Gasteiger charge is -2.21. The molecule has 5 heterocycles. The van der Waals surface area contributed by atoms with Crippen LogP contribution in [0.2, 0.25) is 0 Å². The lowest BCUT2D eigenvalue weighted by molar-refractivity contribution is -0.113. The van der Waals surface area contributed by atoms with E-state index in [1.165, 1.54) is 17.3 Å². The fraction of sp³-hybridized carbons (Fsp3) is 0.407. The first-order valence-electron chi connectivity index (χ1n) is 12.6. The van der Waals surface area contributed by atoms with E-state index in [2.05, 4.69) is 26.3 Å². The highest BCUT2D eigenvalue weighted by atomic mass is 32.2. The zero-order chi connectivity index (χ0) is 25.4. The molecule has 3 aromatic rings. The van der Waals surface area contributed by atoms with Crippen molar-refractivity contribution in [2.24, 2.45) is 5.92 Å². The highest BCUT2D eigenvalue weighted by molar-refractivity contribution is 8.00. The predicted molar refractivity (Wildman–Crippen MR) is 142 cm³/mol. The van der Waals surface area contributed by atoms with Gasteiger partial charge < -0.3 is 14.8 Å². The molecule has 0 saturated carbocycles. The Morgan fingerprint density at radius 1 is 1.19 bits per heavy atom. The maximum Gasteiger partial charge on any atom is 0.414 e. The molecule has 3 aliphatic heterocycles. The summed E-state index contributed by atoms with van der Waals surface area (Å²) in [7, 11) is 1.63. The van der Waals surface area contributed by atoms with Crippen LogP contribution in [0.5, 0.6) is 5.88 Å². The van der Waals surface area contributed by atoms with E-state index in [4.69, 9.17) is 9.47 Å². The first-order chi connectivity index (χ1) is 18.1. The summed E-state index contributed by atoms with van der Waals surface area (Å²) in [6, 6.07) is 11.6. The number of nitrogens with one attached hydrogen (secondary N) is 1. The second kappa shape index (κ2) is 10.2.